The number of rotatable bonds is 6. The predicted molar refractivity (Wildman–Crippen MR) is 128 cm³/mol. The number of Topliss-reactive ketones (excluding diaryl/α,β-unsaturated/α-hetero) is 1. The zero-order valence-electron chi connectivity index (χ0n) is 20.1. The van der Waals surface area contributed by atoms with Crippen LogP contribution in [-0.4, -0.2) is 64.9 Å². The fraction of sp³-hybridized carbons (Fsp3) is 0.385. The number of amides is 1. The summed E-state index contributed by atoms with van der Waals surface area (Å²) in [6.07, 6.45) is 0. The van der Waals surface area contributed by atoms with E-state index in [1.165, 1.54) is 0 Å². The molecule has 0 saturated carbocycles. The maximum atomic E-state index is 12.8. The number of hydrogen-bond donors (Lipinski definition) is 0. The van der Waals surface area contributed by atoms with Gasteiger partial charge in [0.25, 0.3) is 5.91 Å². The van der Waals surface area contributed by atoms with Gasteiger partial charge in [-0.2, -0.15) is 4.98 Å². The molecular formula is C26H30N4O4. The third kappa shape index (κ3) is 5.34. The summed E-state index contributed by atoms with van der Waals surface area (Å²) < 4.78 is 10.6. The molecule has 1 amide bonds. The summed E-state index contributed by atoms with van der Waals surface area (Å²) in [4.78, 5) is 33.7. The Morgan fingerprint density at radius 2 is 1.62 bits per heavy atom. The van der Waals surface area contributed by atoms with Crippen LogP contribution in [0.25, 0.3) is 11.4 Å². The molecule has 0 atom stereocenters. The second-order valence-electron chi connectivity index (χ2n) is 9.47. The molecule has 0 spiro atoms. The third-order valence-corrected chi connectivity index (χ3v) is 6.04. The van der Waals surface area contributed by atoms with Gasteiger partial charge in [0, 0.05) is 37.3 Å². The number of nitrogens with zero attached hydrogens (tertiary/aromatic N) is 4. The summed E-state index contributed by atoms with van der Waals surface area (Å²) in [6.45, 7) is 9.04. The zero-order chi connectivity index (χ0) is 24.3. The predicted octanol–water partition coefficient (Wildman–Crippen LogP) is 3.57. The van der Waals surface area contributed by atoms with Crippen LogP contribution >= 0.6 is 0 Å². The Labute approximate surface area is 199 Å². The molecule has 0 aliphatic carbocycles. The molecule has 2 aromatic carbocycles. The van der Waals surface area contributed by atoms with Gasteiger partial charge in [0.1, 0.15) is 5.75 Å². The molecule has 0 radical (unpaired) electrons. The minimum atomic E-state index is -0.463. The van der Waals surface area contributed by atoms with Crippen LogP contribution in [0.1, 0.15) is 42.6 Å². The molecule has 3 aromatic rings. The second-order valence-corrected chi connectivity index (χ2v) is 9.47. The lowest BCUT2D eigenvalue weighted by atomic mass is 9.86. The normalized spacial score (nSPS) is 14.8. The fourth-order valence-corrected chi connectivity index (χ4v) is 3.87. The number of benzene rings is 2. The van der Waals surface area contributed by atoms with Gasteiger partial charge in [-0.25, -0.2) is 0 Å². The average Bonchev–Trinajstić information content (AvgIpc) is 3.31. The third-order valence-electron chi connectivity index (χ3n) is 6.04. The average molecular weight is 463 g/mol. The van der Waals surface area contributed by atoms with Crippen LogP contribution in [0.4, 0.5) is 0 Å². The van der Waals surface area contributed by atoms with Crippen molar-refractivity contribution in [1.29, 1.82) is 0 Å². The molecule has 1 aliphatic rings. The van der Waals surface area contributed by atoms with E-state index < -0.39 is 11.7 Å². The highest BCUT2D eigenvalue weighted by Crippen LogP contribution is 2.23. The monoisotopic (exact) mass is 462 g/mol. The van der Waals surface area contributed by atoms with E-state index in [1.54, 1.807) is 24.1 Å². The van der Waals surface area contributed by atoms with Crippen molar-refractivity contribution in [2.24, 2.45) is 0 Å². The van der Waals surface area contributed by atoms with Gasteiger partial charge in [0.15, 0.2) is 0 Å². The van der Waals surface area contributed by atoms with Crippen molar-refractivity contribution in [2.45, 2.75) is 32.7 Å². The highest BCUT2D eigenvalue weighted by molar-refractivity contribution is 6.42. The highest BCUT2D eigenvalue weighted by atomic mass is 16.5. The summed E-state index contributed by atoms with van der Waals surface area (Å²) in [5.41, 5.74) is 2.40. The first kappa shape index (κ1) is 23.6. The number of piperazine rings is 1. The maximum Gasteiger partial charge on any atom is 0.295 e. The zero-order valence-corrected chi connectivity index (χ0v) is 20.1. The summed E-state index contributed by atoms with van der Waals surface area (Å²) in [7, 11) is 1.62. The Morgan fingerprint density at radius 1 is 0.971 bits per heavy atom. The van der Waals surface area contributed by atoms with Gasteiger partial charge in [0.05, 0.1) is 13.7 Å². The number of ether oxygens (including phenoxy) is 1. The van der Waals surface area contributed by atoms with Crippen molar-refractivity contribution in [3.8, 4) is 17.1 Å². The Hall–Kier alpha value is -3.52. The fourth-order valence-electron chi connectivity index (χ4n) is 3.87. The van der Waals surface area contributed by atoms with Crippen LogP contribution in [0.3, 0.4) is 0 Å². The molecule has 8 nitrogen and oxygen atoms in total. The van der Waals surface area contributed by atoms with Crippen LogP contribution < -0.4 is 4.74 Å². The Morgan fingerprint density at radius 3 is 2.21 bits per heavy atom. The van der Waals surface area contributed by atoms with Crippen LogP contribution in [0.5, 0.6) is 5.75 Å². The molecule has 0 N–H and O–H groups in total. The van der Waals surface area contributed by atoms with Gasteiger partial charge >= 0.3 is 0 Å². The molecule has 8 heteroatoms. The van der Waals surface area contributed by atoms with Crippen molar-refractivity contribution >= 4 is 11.7 Å². The number of methoxy groups -OCH3 is 1. The maximum absolute atomic E-state index is 12.8. The van der Waals surface area contributed by atoms with E-state index >= 15 is 0 Å². The molecule has 1 aromatic heterocycles. The topological polar surface area (TPSA) is 88.8 Å². The van der Waals surface area contributed by atoms with E-state index in [-0.39, 0.29) is 5.41 Å². The van der Waals surface area contributed by atoms with E-state index in [2.05, 4.69) is 35.8 Å². The van der Waals surface area contributed by atoms with Crippen molar-refractivity contribution in [2.75, 3.05) is 33.3 Å². The first-order chi connectivity index (χ1) is 16.2. The lowest BCUT2D eigenvalue weighted by molar-refractivity contribution is -0.128. The smallest absolute Gasteiger partial charge is 0.295 e. The molecule has 1 saturated heterocycles. The van der Waals surface area contributed by atoms with Crippen molar-refractivity contribution in [3.63, 3.8) is 0 Å². The van der Waals surface area contributed by atoms with Gasteiger partial charge in [-0.1, -0.05) is 50.2 Å². The lowest BCUT2D eigenvalue weighted by Gasteiger charge is -2.33. The van der Waals surface area contributed by atoms with Gasteiger partial charge < -0.3 is 14.2 Å². The quantitative estimate of drug-likeness (QED) is 0.409. The van der Waals surface area contributed by atoms with Crippen molar-refractivity contribution in [1.82, 2.24) is 19.9 Å². The van der Waals surface area contributed by atoms with Crippen LogP contribution in [0.15, 0.2) is 53.1 Å². The minimum absolute atomic E-state index is 0.00427. The summed E-state index contributed by atoms with van der Waals surface area (Å²) >= 11 is 0. The number of carbonyl (C=O) groups excluding carboxylic acids is 2. The molecule has 34 heavy (non-hydrogen) atoms. The van der Waals surface area contributed by atoms with Gasteiger partial charge in [0.2, 0.25) is 17.5 Å². The first-order valence-corrected chi connectivity index (χ1v) is 11.4. The summed E-state index contributed by atoms with van der Waals surface area (Å²) in [6, 6.07) is 14.8. The van der Waals surface area contributed by atoms with Crippen LogP contribution in [-0.2, 0) is 16.8 Å². The number of hydrogen-bond acceptors (Lipinski definition) is 7. The van der Waals surface area contributed by atoms with Gasteiger partial charge in [-0.05, 0) is 35.2 Å². The van der Waals surface area contributed by atoms with Crippen LogP contribution in [0, 0.1) is 0 Å². The second kappa shape index (κ2) is 9.77. The van der Waals surface area contributed by atoms with Gasteiger partial charge in [-0.15, -0.1) is 0 Å². The first-order valence-electron chi connectivity index (χ1n) is 11.4. The van der Waals surface area contributed by atoms with Crippen molar-refractivity contribution in [3.05, 3.63) is 65.5 Å². The molecule has 2 heterocycles. The molecule has 4 rings (SSSR count). The minimum Gasteiger partial charge on any atom is -0.497 e. The van der Waals surface area contributed by atoms with Crippen LogP contribution in [0.2, 0.25) is 0 Å². The van der Waals surface area contributed by atoms with E-state index in [1.807, 2.05) is 36.4 Å². The summed E-state index contributed by atoms with van der Waals surface area (Å²) in [5.74, 6) is 0.883. The Kier molecular flexibility index (Phi) is 6.79. The largest absolute Gasteiger partial charge is 0.497 e. The molecule has 178 valence electrons. The molecule has 0 unspecified atom stereocenters. The Balaban J connectivity index is 1.30. The van der Waals surface area contributed by atoms with Crippen molar-refractivity contribution < 1.29 is 18.8 Å². The SMILES string of the molecule is COc1ccc(-c2noc(CN3CCN(C(=O)C(=O)c4ccc(C(C)(C)C)cc4)CC3)n2)cc1. The molecule has 1 fully saturated rings. The molecule has 1 aliphatic heterocycles. The summed E-state index contributed by atoms with van der Waals surface area (Å²) in [5, 5.41) is 4.07. The highest BCUT2D eigenvalue weighted by Gasteiger charge is 2.28. The van der Waals surface area contributed by atoms with E-state index in [9.17, 15) is 9.59 Å². The number of aromatic nitrogens is 2. The van der Waals surface area contributed by atoms with Gasteiger partial charge in [-0.3, -0.25) is 14.5 Å². The molecular weight excluding hydrogens is 432 g/mol. The molecule has 0 bridgehead atoms. The van der Waals surface area contributed by atoms with E-state index in [0.29, 0.717) is 50.0 Å². The lowest BCUT2D eigenvalue weighted by Crippen LogP contribution is -2.50. The standard InChI is InChI=1S/C26H30N4O4/c1-26(2,3)20-9-5-18(6-10-20)23(31)25(32)30-15-13-29(14-16-30)17-22-27-24(28-34-22)19-7-11-21(33-4)12-8-19/h5-12H,13-17H2,1-4H3. The van der Waals surface area contributed by atoms with E-state index in [4.69, 9.17) is 9.26 Å². The van der Waals surface area contributed by atoms with E-state index in [0.717, 1.165) is 16.9 Å². The Bertz CT molecular complexity index is 1140. The number of ketones is 1. The number of carbonyl (C=O) groups is 2.